The second-order valence-corrected chi connectivity index (χ2v) is 4.40. The van der Waals surface area contributed by atoms with Gasteiger partial charge in [0, 0.05) is 12.7 Å². The molecule has 0 fully saturated rings. The zero-order valence-electron chi connectivity index (χ0n) is 11.3. The Labute approximate surface area is 107 Å². The lowest BCUT2D eigenvalue weighted by Gasteiger charge is -2.20. The summed E-state index contributed by atoms with van der Waals surface area (Å²) in [5.74, 6) is -0.703. The number of ether oxygens (including phenoxy) is 1. The first-order valence-corrected chi connectivity index (χ1v) is 6.05. The van der Waals surface area contributed by atoms with E-state index in [1.165, 1.54) is 7.11 Å². The van der Waals surface area contributed by atoms with Crippen LogP contribution in [0.1, 0.15) is 31.3 Å². The molecule has 0 aliphatic heterocycles. The Balaban J connectivity index is 2.82. The quantitative estimate of drug-likeness (QED) is 0.806. The maximum Gasteiger partial charge on any atom is 0.328 e. The summed E-state index contributed by atoms with van der Waals surface area (Å²) in [5.41, 5.74) is 0.548. The summed E-state index contributed by atoms with van der Waals surface area (Å²) in [6.45, 7) is 6.39. The molecule has 0 bridgehead atoms. The van der Waals surface area contributed by atoms with Gasteiger partial charge in [0.1, 0.15) is 11.7 Å². The summed E-state index contributed by atoms with van der Waals surface area (Å²) < 4.78 is 6.51. The van der Waals surface area contributed by atoms with E-state index in [9.17, 15) is 9.59 Å². The van der Waals surface area contributed by atoms with Crippen molar-refractivity contribution < 1.29 is 14.3 Å². The van der Waals surface area contributed by atoms with Gasteiger partial charge in [0.2, 0.25) is 0 Å². The molecule has 1 N–H and O–H groups in total. The minimum absolute atomic E-state index is 0.0218. The van der Waals surface area contributed by atoms with Crippen LogP contribution in [0, 0.1) is 5.92 Å². The molecular weight excluding hydrogens is 232 g/mol. The largest absolute Gasteiger partial charge is 0.467 e. The van der Waals surface area contributed by atoms with Gasteiger partial charge in [-0.2, -0.15) is 0 Å². The van der Waals surface area contributed by atoms with Gasteiger partial charge in [-0.25, -0.2) is 4.79 Å². The highest BCUT2D eigenvalue weighted by atomic mass is 16.5. The van der Waals surface area contributed by atoms with E-state index >= 15 is 0 Å². The minimum Gasteiger partial charge on any atom is -0.467 e. The number of nitrogens with one attached hydrogen (secondary N) is 1. The molecule has 1 heterocycles. The van der Waals surface area contributed by atoms with Gasteiger partial charge in [0.15, 0.2) is 0 Å². The number of hydrogen-bond acceptors (Lipinski definition) is 3. The summed E-state index contributed by atoms with van der Waals surface area (Å²) in [6, 6.07) is 2.91. The van der Waals surface area contributed by atoms with Crippen LogP contribution in [0.4, 0.5) is 0 Å². The minimum atomic E-state index is -0.622. The van der Waals surface area contributed by atoms with Crippen molar-refractivity contribution >= 4 is 11.9 Å². The second kappa shape index (κ2) is 6.23. The van der Waals surface area contributed by atoms with Crippen molar-refractivity contribution in [1.29, 1.82) is 0 Å². The number of hydrogen-bond donors (Lipinski definition) is 1. The third kappa shape index (κ3) is 3.12. The number of rotatable bonds is 5. The molecule has 0 saturated carbocycles. The summed E-state index contributed by atoms with van der Waals surface area (Å²) >= 11 is 0. The highest BCUT2D eigenvalue weighted by Gasteiger charge is 2.26. The van der Waals surface area contributed by atoms with E-state index in [-0.39, 0.29) is 11.8 Å². The lowest BCUT2D eigenvalue weighted by Crippen LogP contribution is -2.45. The molecule has 0 saturated heterocycles. The van der Waals surface area contributed by atoms with Gasteiger partial charge in [0.25, 0.3) is 5.91 Å². The average Bonchev–Trinajstić information content (AvgIpc) is 2.82. The molecular formula is C13H20N2O3. The Bertz CT molecular complexity index is 424. The molecule has 0 aromatic carbocycles. The van der Waals surface area contributed by atoms with E-state index in [1.807, 2.05) is 31.5 Å². The van der Waals surface area contributed by atoms with Gasteiger partial charge in [-0.1, -0.05) is 13.8 Å². The number of methoxy groups -OCH3 is 1. The third-order valence-corrected chi connectivity index (χ3v) is 2.81. The van der Waals surface area contributed by atoms with Crippen LogP contribution in [0.25, 0.3) is 0 Å². The van der Waals surface area contributed by atoms with Crippen molar-refractivity contribution in [3.8, 4) is 0 Å². The maximum atomic E-state index is 12.1. The topological polar surface area (TPSA) is 60.3 Å². The fraction of sp³-hybridized carbons (Fsp3) is 0.538. The standard InChI is InChI=1S/C13H20N2O3/c1-5-15-8-6-7-10(15)12(16)14-11(9(2)3)13(17)18-4/h6-9,11H,5H2,1-4H3,(H,14,16). The lowest BCUT2D eigenvalue weighted by molar-refractivity contribution is -0.144. The maximum absolute atomic E-state index is 12.1. The van der Waals surface area contributed by atoms with E-state index in [0.29, 0.717) is 12.2 Å². The predicted octanol–water partition coefficient (Wildman–Crippen LogP) is 1.44. The van der Waals surface area contributed by atoms with Crippen molar-refractivity contribution in [3.05, 3.63) is 24.0 Å². The molecule has 100 valence electrons. The average molecular weight is 252 g/mol. The molecule has 18 heavy (non-hydrogen) atoms. The summed E-state index contributed by atoms with van der Waals surface area (Å²) in [5, 5.41) is 2.71. The van der Waals surface area contributed by atoms with Crippen LogP contribution in [-0.4, -0.2) is 29.6 Å². The van der Waals surface area contributed by atoms with Crippen LogP contribution in [0.3, 0.4) is 0 Å². The van der Waals surface area contributed by atoms with Gasteiger partial charge in [-0.05, 0) is 25.0 Å². The van der Waals surface area contributed by atoms with Crippen molar-refractivity contribution in [2.45, 2.75) is 33.4 Å². The summed E-state index contributed by atoms with van der Waals surface area (Å²) in [4.78, 5) is 23.7. The van der Waals surface area contributed by atoms with Crippen molar-refractivity contribution in [2.24, 2.45) is 5.92 Å². The Kier molecular flexibility index (Phi) is 4.95. The van der Waals surface area contributed by atoms with Crippen molar-refractivity contribution in [1.82, 2.24) is 9.88 Å². The number of nitrogens with zero attached hydrogens (tertiary/aromatic N) is 1. The Morgan fingerprint density at radius 2 is 2.11 bits per heavy atom. The normalized spacial score (nSPS) is 12.3. The summed E-state index contributed by atoms with van der Waals surface area (Å²) in [6.07, 6.45) is 1.83. The molecule has 1 atom stereocenters. The van der Waals surface area contributed by atoms with Gasteiger partial charge in [0.05, 0.1) is 7.11 Å². The first-order chi connectivity index (χ1) is 8.51. The third-order valence-electron chi connectivity index (χ3n) is 2.81. The fourth-order valence-electron chi connectivity index (χ4n) is 1.74. The Morgan fingerprint density at radius 3 is 2.61 bits per heavy atom. The number of esters is 1. The molecule has 1 unspecified atom stereocenters. The molecule has 0 radical (unpaired) electrons. The molecule has 0 aliphatic carbocycles. The molecule has 1 aromatic rings. The number of aromatic nitrogens is 1. The Morgan fingerprint density at radius 1 is 1.44 bits per heavy atom. The second-order valence-electron chi connectivity index (χ2n) is 4.40. The van der Waals surface area contributed by atoms with E-state index < -0.39 is 12.0 Å². The monoisotopic (exact) mass is 252 g/mol. The number of carbonyl (C=O) groups is 2. The zero-order chi connectivity index (χ0) is 13.7. The van der Waals surface area contributed by atoms with Gasteiger partial charge in [-0.3, -0.25) is 4.79 Å². The van der Waals surface area contributed by atoms with Gasteiger partial charge < -0.3 is 14.6 Å². The fourth-order valence-corrected chi connectivity index (χ4v) is 1.74. The molecule has 1 rings (SSSR count). The van der Waals surface area contributed by atoms with Crippen molar-refractivity contribution in [2.75, 3.05) is 7.11 Å². The predicted molar refractivity (Wildman–Crippen MR) is 68.2 cm³/mol. The first kappa shape index (κ1) is 14.3. The smallest absolute Gasteiger partial charge is 0.328 e. The molecule has 5 heteroatoms. The van der Waals surface area contributed by atoms with Crippen LogP contribution in [0.5, 0.6) is 0 Å². The van der Waals surface area contributed by atoms with Gasteiger partial charge >= 0.3 is 5.97 Å². The van der Waals surface area contributed by atoms with Crippen LogP contribution >= 0.6 is 0 Å². The molecule has 1 aromatic heterocycles. The zero-order valence-corrected chi connectivity index (χ0v) is 11.3. The molecule has 0 aliphatic rings. The number of amides is 1. The highest BCUT2D eigenvalue weighted by molar-refractivity contribution is 5.95. The van der Waals surface area contributed by atoms with E-state index in [0.717, 1.165) is 0 Å². The van der Waals surface area contributed by atoms with Gasteiger partial charge in [-0.15, -0.1) is 0 Å². The first-order valence-electron chi connectivity index (χ1n) is 6.05. The van der Waals surface area contributed by atoms with Crippen LogP contribution in [0.15, 0.2) is 18.3 Å². The van der Waals surface area contributed by atoms with Crippen LogP contribution in [0.2, 0.25) is 0 Å². The Hall–Kier alpha value is -1.78. The van der Waals surface area contributed by atoms with E-state index in [1.54, 1.807) is 12.1 Å². The molecule has 1 amide bonds. The van der Waals surface area contributed by atoms with Crippen molar-refractivity contribution in [3.63, 3.8) is 0 Å². The lowest BCUT2D eigenvalue weighted by atomic mass is 10.0. The number of carbonyl (C=O) groups excluding carboxylic acids is 2. The SMILES string of the molecule is CCn1cccc1C(=O)NC(C(=O)OC)C(C)C. The molecule has 5 nitrogen and oxygen atoms in total. The van der Waals surface area contributed by atoms with Crippen LogP contribution < -0.4 is 5.32 Å². The number of aryl methyl sites for hydroxylation is 1. The summed E-state index contributed by atoms with van der Waals surface area (Å²) in [7, 11) is 1.32. The highest BCUT2D eigenvalue weighted by Crippen LogP contribution is 2.07. The van der Waals surface area contributed by atoms with Crippen LogP contribution in [-0.2, 0) is 16.1 Å². The van der Waals surface area contributed by atoms with E-state index in [4.69, 9.17) is 0 Å². The van der Waals surface area contributed by atoms with E-state index in [2.05, 4.69) is 10.1 Å². The molecule has 0 spiro atoms.